The zero-order valence-electron chi connectivity index (χ0n) is 15.8. The van der Waals surface area contributed by atoms with E-state index in [1.54, 1.807) is 37.9 Å². The third kappa shape index (κ3) is 6.68. The fourth-order valence-electron chi connectivity index (χ4n) is 2.48. The molecule has 2 aromatic rings. The van der Waals surface area contributed by atoms with Crippen LogP contribution in [0.1, 0.15) is 26.7 Å². The number of sulfonamides is 1. The highest BCUT2D eigenvalue weighted by molar-refractivity contribution is 8.13. The van der Waals surface area contributed by atoms with Crippen molar-refractivity contribution in [1.82, 2.24) is 4.31 Å². The molecule has 146 valence electrons. The molecule has 27 heavy (non-hydrogen) atoms. The summed E-state index contributed by atoms with van der Waals surface area (Å²) in [5.74, 6) is 0.721. The van der Waals surface area contributed by atoms with E-state index in [9.17, 15) is 13.2 Å². The van der Waals surface area contributed by atoms with E-state index < -0.39 is 10.0 Å². The van der Waals surface area contributed by atoms with Gasteiger partial charge in [-0.2, -0.15) is 4.31 Å². The first-order valence-electron chi connectivity index (χ1n) is 8.75. The summed E-state index contributed by atoms with van der Waals surface area (Å²) in [7, 11) is -1.92. The summed E-state index contributed by atoms with van der Waals surface area (Å²) >= 11 is 2.88. The molecule has 0 aliphatic rings. The second-order valence-electron chi connectivity index (χ2n) is 6.24. The van der Waals surface area contributed by atoms with E-state index in [1.807, 2.05) is 49.4 Å². The van der Waals surface area contributed by atoms with Crippen LogP contribution in [0.25, 0.3) is 0 Å². The van der Waals surface area contributed by atoms with Crippen LogP contribution in [-0.2, 0) is 14.8 Å². The van der Waals surface area contributed by atoms with Crippen molar-refractivity contribution in [1.29, 1.82) is 0 Å². The number of hydrogen-bond acceptors (Lipinski definition) is 5. The molecule has 2 rings (SSSR count). The maximum absolute atomic E-state index is 12.8. The number of hydrogen-bond donors (Lipinski definition) is 0. The van der Waals surface area contributed by atoms with Gasteiger partial charge in [-0.05, 0) is 56.2 Å². The fraction of sp³-hybridized carbons (Fsp3) is 0.350. The van der Waals surface area contributed by atoms with Gasteiger partial charge in [0.1, 0.15) is 0 Å². The Morgan fingerprint density at radius 1 is 1.04 bits per heavy atom. The largest absolute Gasteiger partial charge is 0.288 e. The van der Waals surface area contributed by atoms with Gasteiger partial charge in [-0.15, -0.1) is 0 Å². The van der Waals surface area contributed by atoms with E-state index >= 15 is 0 Å². The van der Waals surface area contributed by atoms with Gasteiger partial charge < -0.3 is 0 Å². The molecule has 1 atom stereocenters. The molecule has 0 aromatic heterocycles. The maximum atomic E-state index is 12.8. The summed E-state index contributed by atoms with van der Waals surface area (Å²) in [5.41, 5.74) is 0. The molecule has 2 aromatic carbocycles. The third-order valence-electron chi connectivity index (χ3n) is 4.17. The first-order valence-corrected chi connectivity index (χ1v) is 12.0. The molecule has 0 heterocycles. The fourth-order valence-corrected chi connectivity index (χ4v) is 5.31. The summed E-state index contributed by atoms with van der Waals surface area (Å²) in [6.45, 7) is 3.44. The Labute approximate surface area is 170 Å². The summed E-state index contributed by atoms with van der Waals surface area (Å²) < 4.78 is 27.1. The molecule has 0 spiro atoms. The lowest BCUT2D eigenvalue weighted by molar-refractivity contribution is -0.109. The first kappa shape index (κ1) is 22.0. The van der Waals surface area contributed by atoms with Crippen molar-refractivity contribution in [2.45, 2.75) is 47.4 Å². The molecule has 0 amide bonds. The van der Waals surface area contributed by atoms with E-state index in [0.717, 1.165) is 28.4 Å². The van der Waals surface area contributed by atoms with E-state index in [4.69, 9.17) is 0 Å². The lowest BCUT2D eigenvalue weighted by atomic mass is 10.2. The molecule has 7 heteroatoms. The second-order valence-corrected chi connectivity index (χ2v) is 10.7. The number of carbonyl (C=O) groups excluding carboxylic acids is 1. The number of thioether (sulfide) groups is 1. The van der Waals surface area contributed by atoms with Crippen molar-refractivity contribution in [3.63, 3.8) is 0 Å². The van der Waals surface area contributed by atoms with E-state index in [-0.39, 0.29) is 11.2 Å². The Kier molecular flexibility index (Phi) is 8.41. The van der Waals surface area contributed by atoms with Gasteiger partial charge in [0, 0.05) is 35.6 Å². The lowest BCUT2D eigenvalue weighted by Gasteiger charge is -2.24. The molecule has 0 aliphatic heterocycles. The highest BCUT2D eigenvalue weighted by Gasteiger charge is 2.25. The van der Waals surface area contributed by atoms with Gasteiger partial charge >= 0.3 is 0 Å². The van der Waals surface area contributed by atoms with Gasteiger partial charge in [0.2, 0.25) is 10.0 Å². The average molecular weight is 424 g/mol. The average Bonchev–Trinajstić information content (AvgIpc) is 2.65. The van der Waals surface area contributed by atoms with Gasteiger partial charge in [0.05, 0.1) is 4.90 Å². The van der Waals surface area contributed by atoms with Gasteiger partial charge in [0.15, 0.2) is 5.12 Å². The van der Waals surface area contributed by atoms with Crippen molar-refractivity contribution >= 4 is 38.7 Å². The summed E-state index contributed by atoms with van der Waals surface area (Å²) in [6.07, 6.45) is 1.52. The van der Waals surface area contributed by atoms with Crippen LogP contribution in [-0.4, -0.2) is 36.7 Å². The standard InChI is InChI=1S/C20H25NO3S3/c1-16(8-7-15-25-17(2)22)21(3)27(23,24)20-13-11-19(12-14-20)26-18-9-5-4-6-10-18/h4-6,9-14,16H,7-8,15H2,1-3H3/t16-/m1/s1. The zero-order valence-corrected chi connectivity index (χ0v) is 18.2. The quantitative estimate of drug-likeness (QED) is 0.537. The Balaban J connectivity index is 1.99. The molecule has 0 saturated heterocycles. The molecule has 0 bridgehead atoms. The van der Waals surface area contributed by atoms with Crippen molar-refractivity contribution in [2.75, 3.05) is 12.8 Å². The predicted molar refractivity (Wildman–Crippen MR) is 114 cm³/mol. The van der Waals surface area contributed by atoms with Crippen LogP contribution in [0.4, 0.5) is 0 Å². The Hall–Kier alpha value is -1.28. The minimum atomic E-state index is -3.53. The van der Waals surface area contributed by atoms with E-state index in [1.165, 1.54) is 16.1 Å². The number of nitrogens with zero attached hydrogens (tertiary/aromatic N) is 1. The minimum Gasteiger partial charge on any atom is -0.288 e. The van der Waals surface area contributed by atoms with E-state index in [0.29, 0.717) is 4.90 Å². The monoisotopic (exact) mass is 423 g/mol. The van der Waals surface area contributed by atoms with Crippen LogP contribution in [0.15, 0.2) is 69.3 Å². The summed E-state index contributed by atoms with van der Waals surface area (Å²) in [5, 5.41) is 0.0945. The normalized spacial score (nSPS) is 12.9. The van der Waals surface area contributed by atoms with Crippen LogP contribution >= 0.6 is 23.5 Å². The topological polar surface area (TPSA) is 54.5 Å². The van der Waals surface area contributed by atoms with E-state index in [2.05, 4.69) is 0 Å². The van der Waals surface area contributed by atoms with Gasteiger partial charge in [0.25, 0.3) is 0 Å². The van der Waals surface area contributed by atoms with Crippen LogP contribution in [0, 0.1) is 0 Å². The van der Waals surface area contributed by atoms with Crippen LogP contribution in [0.2, 0.25) is 0 Å². The third-order valence-corrected chi connectivity index (χ3v) is 8.07. The number of benzene rings is 2. The van der Waals surface area contributed by atoms with Gasteiger partial charge in [-0.3, -0.25) is 4.79 Å². The summed E-state index contributed by atoms with van der Waals surface area (Å²) in [4.78, 5) is 13.4. The molecule has 0 unspecified atom stereocenters. The molecule has 0 saturated carbocycles. The number of carbonyl (C=O) groups is 1. The minimum absolute atomic E-state index is 0.0945. The highest BCUT2D eigenvalue weighted by atomic mass is 32.2. The molecular weight excluding hydrogens is 398 g/mol. The molecule has 4 nitrogen and oxygen atoms in total. The molecule has 0 fully saturated rings. The van der Waals surface area contributed by atoms with Crippen LogP contribution < -0.4 is 0 Å². The molecule has 0 aliphatic carbocycles. The van der Waals surface area contributed by atoms with Gasteiger partial charge in [-0.25, -0.2) is 8.42 Å². The molecular formula is C20H25NO3S3. The first-order chi connectivity index (χ1) is 12.8. The lowest BCUT2D eigenvalue weighted by Crippen LogP contribution is -2.35. The molecule has 0 N–H and O–H groups in total. The van der Waals surface area contributed by atoms with Gasteiger partial charge in [-0.1, -0.05) is 41.7 Å². The molecule has 0 radical (unpaired) electrons. The van der Waals surface area contributed by atoms with Crippen LogP contribution in [0.3, 0.4) is 0 Å². The van der Waals surface area contributed by atoms with Crippen molar-refractivity contribution in [2.24, 2.45) is 0 Å². The van der Waals surface area contributed by atoms with Crippen LogP contribution in [0.5, 0.6) is 0 Å². The van der Waals surface area contributed by atoms with Crippen molar-refractivity contribution in [3.05, 3.63) is 54.6 Å². The Morgan fingerprint density at radius 2 is 1.63 bits per heavy atom. The van der Waals surface area contributed by atoms with Crippen molar-refractivity contribution < 1.29 is 13.2 Å². The number of rotatable bonds is 9. The second kappa shape index (κ2) is 10.3. The highest BCUT2D eigenvalue weighted by Crippen LogP contribution is 2.29. The zero-order chi connectivity index (χ0) is 19.9. The predicted octanol–water partition coefficient (Wildman–Crippen LogP) is 4.91. The SMILES string of the molecule is CC(=O)SCCC[C@@H](C)N(C)S(=O)(=O)c1ccc(Sc2ccccc2)cc1. The van der Waals surface area contributed by atoms with Crippen molar-refractivity contribution in [3.8, 4) is 0 Å². The summed E-state index contributed by atoms with van der Waals surface area (Å²) in [6, 6.07) is 16.9. The Bertz CT molecular complexity index is 837. The maximum Gasteiger partial charge on any atom is 0.243 e. The Morgan fingerprint density at radius 3 is 2.22 bits per heavy atom. The smallest absolute Gasteiger partial charge is 0.243 e.